The Hall–Kier alpha value is -2.17. The molecule has 1 aromatic heterocycles. The van der Waals surface area contributed by atoms with Crippen LogP contribution in [-0.4, -0.2) is 11.1 Å². The first-order valence-electron chi connectivity index (χ1n) is 6.49. The van der Waals surface area contributed by atoms with Crippen molar-refractivity contribution in [2.45, 2.75) is 33.2 Å². The highest BCUT2D eigenvalue weighted by atomic mass is 19.1. The lowest BCUT2D eigenvalue weighted by molar-refractivity contribution is -0.121. The van der Waals surface area contributed by atoms with Gasteiger partial charge >= 0.3 is 0 Å². The summed E-state index contributed by atoms with van der Waals surface area (Å²) in [6.07, 6.45) is 0.953. The number of amides is 1. The maximum Gasteiger partial charge on any atom is 0.220 e. The summed E-state index contributed by atoms with van der Waals surface area (Å²) in [6.45, 7) is 4.02. The van der Waals surface area contributed by atoms with Crippen LogP contribution in [-0.2, 0) is 17.8 Å². The van der Waals surface area contributed by atoms with Gasteiger partial charge in [-0.3, -0.25) is 4.79 Å². The number of benzene rings is 1. The normalized spacial score (nSPS) is 10.6. The zero-order valence-electron chi connectivity index (χ0n) is 11.6. The highest BCUT2D eigenvalue weighted by molar-refractivity contribution is 5.76. The van der Waals surface area contributed by atoms with Crippen molar-refractivity contribution in [2.24, 2.45) is 0 Å². The van der Waals surface area contributed by atoms with Gasteiger partial charge in [-0.05, 0) is 38.0 Å². The number of hydrogen-bond acceptors (Lipinski definition) is 3. The van der Waals surface area contributed by atoms with Crippen LogP contribution in [0.2, 0.25) is 0 Å². The maximum atomic E-state index is 13.0. The predicted octanol–water partition coefficient (Wildman–Crippen LogP) is 2.68. The molecular weight excluding hydrogens is 259 g/mol. The summed E-state index contributed by atoms with van der Waals surface area (Å²) in [5.41, 5.74) is 2.54. The van der Waals surface area contributed by atoms with Gasteiger partial charge < -0.3 is 9.84 Å². The molecule has 1 aromatic carbocycles. The first-order chi connectivity index (χ1) is 9.56. The Labute approximate surface area is 117 Å². The van der Waals surface area contributed by atoms with Gasteiger partial charge in [-0.15, -0.1) is 0 Å². The second-order valence-electron chi connectivity index (χ2n) is 4.71. The number of halogens is 1. The molecular formula is C15H17FN2O2. The Balaban J connectivity index is 1.81. The molecule has 0 aliphatic heterocycles. The molecule has 0 bridgehead atoms. The third-order valence-electron chi connectivity index (χ3n) is 3.16. The van der Waals surface area contributed by atoms with E-state index < -0.39 is 0 Å². The van der Waals surface area contributed by atoms with Crippen molar-refractivity contribution in [1.29, 1.82) is 0 Å². The maximum absolute atomic E-state index is 13.0. The van der Waals surface area contributed by atoms with Crippen LogP contribution < -0.4 is 5.32 Å². The van der Waals surface area contributed by atoms with Crippen molar-refractivity contribution >= 4 is 5.91 Å². The lowest BCUT2D eigenvalue weighted by Gasteiger charge is -2.05. The van der Waals surface area contributed by atoms with Gasteiger partial charge in [0.25, 0.3) is 0 Å². The summed E-state index contributed by atoms with van der Waals surface area (Å²) in [7, 11) is 0. The molecule has 0 fully saturated rings. The molecule has 1 heterocycles. The molecule has 1 amide bonds. The van der Waals surface area contributed by atoms with E-state index in [-0.39, 0.29) is 11.7 Å². The van der Waals surface area contributed by atoms with E-state index in [1.807, 2.05) is 13.8 Å². The third-order valence-corrected chi connectivity index (χ3v) is 3.16. The first kappa shape index (κ1) is 14.2. The fraction of sp³-hybridized carbons (Fsp3) is 0.333. The summed E-state index contributed by atoms with van der Waals surface area (Å²) < 4.78 is 18.0. The van der Waals surface area contributed by atoms with Crippen molar-refractivity contribution in [3.63, 3.8) is 0 Å². The van der Waals surface area contributed by atoms with Gasteiger partial charge in [0, 0.05) is 18.5 Å². The Bertz CT molecular complexity index is 588. The Kier molecular flexibility index (Phi) is 4.50. The number of rotatable bonds is 5. The van der Waals surface area contributed by atoms with Gasteiger partial charge in [0.05, 0.1) is 5.69 Å². The van der Waals surface area contributed by atoms with Crippen molar-refractivity contribution in [3.8, 4) is 0 Å². The molecule has 0 aliphatic rings. The minimum Gasteiger partial charge on any atom is -0.361 e. The van der Waals surface area contributed by atoms with E-state index in [1.54, 1.807) is 12.1 Å². The quantitative estimate of drug-likeness (QED) is 0.913. The van der Waals surface area contributed by atoms with E-state index in [1.165, 1.54) is 12.1 Å². The predicted molar refractivity (Wildman–Crippen MR) is 72.5 cm³/mol. The van der Waals surface area contributed by atoms with E-state index in [9.17, 15) is 9.18 Å². The van der Waals surface area contributed by atoms with Crippen molar-refractivity contribution in [2.75, 3.05) is 0 Å². The molecule has 0 saturated heterocycles. The minimum absolute atomic E-state index is 0.0748. The standard InChI is InChI=1S/C15H17FN2O2/c1-10-14(11(2)20-18-10)6-7-15(19)17-9-12-4-3-5-13(16)8-12/h3-5,8H,6-7,9H2,1-2H3,(H,17,19). The van der Waals surface area contributed by atoms with Crippen LogP contribution in [0.3, 0.4) is 0 Å². The topological polar surface area (TPSA) is 55.1 Å². The number of aromatic nitrogens is 1. The van der Waals surface area contributed by atoms with E-state index in [0.29, 0.717) is 19.4 Å². The van der Waals surface area contributed by atoms with Crippen molar-refractivity contribution in [3.05, 3.63) is 52.7 Å². The molecule has 0 unspecified atom stereocenters. The van der Waals surface area contributed by atoms with Gasteiger partial charge in [-0.1, -0.05) is 17.3 Å². The lowest BCUT2D eigenvalue weighted by atomic mass is 10.1. The van der Waals surface area contributed by atoms with Gasteiger partial charge in [-0.2, -0.15) is 0 Å². The lowest BCUT2D eigenvalue weighted by Crippen LogP contribution is -2.23. The highest BCUT2D eigenvalue weighted by Crippen LogP contribution is 2.14. The highest BCUT2D eigenvalue weighted by Gasteiger charge is 2.11. The number of nitrogens with zero attached hydrogens (tertiary/aromatic N) is 1. The van der Waals surface area contributed by atoms with Crippen LogP contribution in [0.4, 0.5) is 4.39 Å². The number of carbonyl (C=O) groups is 1. The third kappa shape index (κ3) is 3.66. The van der Waals surface area contributed by atoms with E-state index in [0.717, 1.165) is 22.6 Å². The first-order valence-corrected chi connectivity index (χ1v) is 6.49. The number of nitrogens with one attached hydrogen (secondary N) is 1. The van der Waals surface area contributed by atoms with Crippen LogP contribution >= 0.6 is 0 Å². The minimum atomic E-state index is -0.299. The number of carbonyl (C=O) groups excluding carboxylic acids is 1. The Morgan fingerprint density at radius 1 is 1.40 bits per heavy atom. The van der Waals surface area contributed by atoms with E-state index in [4.69, 9.17) is 4.52 Å². The van der Waals surface area contributed by atoms with Crippen molar-refractivity contribution in [1.82, 2.24) is 10.5 Å². The number of aryl methyl sites for hydroxylation is 2. The zero-order chi connectivity index (χ0) is 14.5. The Morgan fingerprint density at radius 3 is 2.85 bits per heavy atom. The summed E-state index contributed by atoms with van der Waals surface area (Å²) in [6, 6.07) is 6.19. The fourth-order valence-electron chi connectivity index (χ4n) is 2.03. The molecule has 5 heteroatoms. The summed E-state index contributed by atoms with van der Waals surface area (Å²) >= 11 is 0. The van der Waals surface area contributed by atoms with Crippen LogP contribution in [0.25, 0.3) is 0 Å². The largest absolute Gasteiger partial charge is 0.361 e. The molecule has 106 valence electrons. The van der Waals surface area contributed by atoms with E-state index in [2.05, 4.69) is 10.5 Å². The van der Waals surface area contributed by atoms with Crippen LogP contribution in [0.15, 0.2) is 28.8 Å². The smallest absolute Gasteiger partial charge is 0.220 e. The van der Waals surface area contributed by atoms with Gasteiger partial charge in [0.1, 0.15) is 11.6 Å². The average Bonchev–Trinajstić information content (AvgIpc) is 2.74. The van der Waals surface area contributed by atoms with Gasteiger partial charge in [0.15, 0.2) is 0 Å². The number of hydrogen-bond donors (Lipinski definition) is 1. The summed E-state index contributed by atoms with van der Waals surface area (Å²) in [4.78, 5) is 11.8. The summed E-state index contributed by atoms with van der Waals surface area (Å²) in [5.74, 6) is 0.377. The SMILES string of the molecule is Cc1noc(C)c1CCC(=O)NCc1cccc(F)c1. The van der Waals surface area contributed by atoms with Crippen LogP contribution in [0.5, 0.6) is 0 Å². The second-order valence-corrected chi connectivity index (χ2v) is 4.71. The monoisotopic (exact) mass is 276 g/mol. The zero-order valence-corrected chi connectivity index (χ0v) is 11.6. The molecule has 20 heavy (non-hydrogen) atoms. The molecule has 4 nitrogen and oxygen atoms in total. The van der Waals surface area contributed by atoms with E-state index >= 15 is 0 Å². The Morgan fingerprint density at radius 2 is 2.20 bits per heavy atom. The van der Waals surface area contributed by atoms with Gasteiger partial charge in [0.2, 0.25) is 5.91 Å². The molecule has 0 radical (unpaired) electrons. The molecule has 2 aromatic rings. The molecule has 0 saturated carbocycles. The molecule has 2 rings (SSSR count). The molecule has 1 N–H and O–H groups in total. The molecule has 0 atom stereocenters. The average molecular weight is 276 g/mol. The fourth-order valence-corrected chi connectivity index (χ4v) is 2.03. The molecule has 0 spiro atoms. The van der Waals surface area contributed by atoms with Crippen LogP contribution in [0, 0.1) is 19.7 Å². The van der Waals surface area contributed by atoms with Crippen molar-refractivity contribution < 1.29 is 13.7 Å². The van der Waals surface area contributed by atoms with Crippen LogP contribution in [0.1, 0.15) is 29.0 Å². The van der Waals surface area contributed by atoms with Gasteiger partial charge in [-0.25, -0.2) is 4.39 Å². The molecule has 0 aliphatic carbocycles. The second kappa shape index (κ2) is 6.32. The summed E-state index contributed by atoms with van der Waals surface area (Å²) in [5, 5.41) is 6.62.